The molecular weight excluding hydrogens is 383 g/mol. The van der Waals surface area contributed by atoms with Crippen LogP contribution in [-0.4, -0.2) is 52.8 Å². The predicted molar refractivity (Wildman–Crippen MR) is 104 cm³/mol. The summed E-state index contributed by atoms with van der Waals surface area (Å²) in [5.74, 6) is -0.595. The van der Waals surface area contributed by atoms with E-state index in [0.717, 1.165) is 11.1 Å². The number of carbonyl (C=O) groups is 1. The lowest BCUT2D eigenvalue weighted by Crippen LogP contribution is -2.48. The maximum atomic E-state index is 13.5. The number of aromatic nitrogens is 1. The maximum absolute atomic E-state index is 13.5. The molecule has 1 aromatic carbocycles. The molecule has 0 saturated carbocycles. The Hall–Kier alpha value is -2.32. The molecule has 0 bridgehead atoms. The highest BCUT2D eigenvalue weighted by Gasteiger charge is 2.39. The van der Waals surface area contributed by atoms with Gasteiger partial charge in [0.15, 0.2) is 0 Å². The Morgan fingerprint density at radius 1 is 1.38 bits per heavy atom. The summed E-state index contributed by atoms with van der Waals surface area (Å²) in [5.41, 5.74) is 2.48. The van der Waals surface area contributed by atoms with Gasteiger partial charge in [0.05, 0.1) is 24.1 Å². The van der Waals surface area contributed by atoms with Crippen LogP contribution in [0.1, 0.15) is 24.5 Å². The van der Waals surface area contributed by atoms with E-state index in [1.54, 1.807) is 6.07 Å². The Kier molecular flexibility index (Phi) is 4.94. The number of nitrogens with one attached hydrogen (secondary N) is 1. The van der Waals surface area contributed by atoms with Gasteiger partial charge in [-0.2, -0.15) is 0 Å². The first-order valence-electron chi connectivity index (χ1n) is 9.78. The zero-order valence-corrected chi connectivity index (χ0v) is 16.3. The predicted octanol–water partition coefficient (Wildman–Crippen LogP) is 2.87. The van der Waals surface area contributed by atoms with Gasteiger partial charge < -0.3 is 10.4 Å². The molecule has 0 radical (unpaired) electrons. The lowest BCUT2D eigenvalue weighted by atomic mass is 9.80. The van der Waals surface area contributed by atoms with Gasteiger partial charge in [-0.3, -0.25) is 14.3 Å². The van der Waals surface area contributed by atoms with Crippen LogP contribution in [0.25, 0.3) is 16.5 Å². The number of aliphatic hydroxyl groups is 1. The molecule has 0 saturated heterocycles. The van der Waals surface area contributed by atoms with Crippen molar-refractivity contribution in [2.24, 2.45) is 5.92 Å². The third-order valence-electron chi connectivity index (χ3n) is 6.06. The van der Waals surface area contributed by atoms with Crippen LogP contribution in [0.15, 0.2) is 30.5 Å². The molecule has 2 aromatic rings. The first-order valence-corrected chi connectivity index (χ1v) is 9.78. The van der Waals surface area contributed by atoms with E-state index >= 15 is 0 Å². The van der Waals surface area contributed by atoms with Gasteiger partial charge in [-0.25, -0.2) is 0 Å². The Morgan fingerprint density at radius 3 is 2.79 bits per heavy atom. The molecule has 2 heterocycles. The number of benzene rings is 1. The smallest absolute Gasteiger partial charge is 0.394 e. The Labute approximate surface area is 166 Å². The highest BCUT2D eigenvalue weighted by atomic mass is 19.4. The summed E-state index contributed by atoms with van der Waals surface area (Å²) in [6, 6.07) is 4.59. The number of halogens is 3. The molecule has 1 aliphatic heterocycles. The first-order chi connectivity index (χ1) is 13.7. The van der Waals surface area contributed by atoms with Crippen molar-refractivity contribution < 1.29 is 23.1 Å². The van der Waals surface area contributed by atoms with E-state index in [1.165, 1.54) is 12.3 Å². The summed E-state index contributed by atoms with van der Waals surface area (Å²) >= 11 is 0. The number of likely N-dealkylation sites (N-methyl/N-ethyl adjacent to an activating group) is 1. The van der Waals surface area contributed by atoms with E-state index < -0.39 is 12.2 Å². The van der Waals surface area contributed by atoms with Crippen molar-refractivity contribution >= 4 is 22.4 Å². The zero-order valence-electron chi connectivity index (χ0n) is 16.3. The van der Waals surface area contributed by atoms with Crippen LogP contribution in [0.5, 0.6) is 0 Å². The standard InChI is InChI=1S/C21H24F3N3O2/c1-3-14(11-28)25-20(29)13-7-16-15-5-4-6-17-19(15)12(8-18(16)26(2)9-13)10-27(17)21(22,23)24/h4-7,10,13-14,18,28H,3,8-9,11H2,1-2H3,(H,25,29)/t13-,14+,18-/m1/s1. The highest BCUT2D eigenvalue weighted by Crippen LogP contribution is 2.43. The fourth-order valence-electron chi connectivity index (χ4n) is 4.52. The largest absolute Gasteiger partial charge is 0.488 e. The summed E-state index contributed by atoms with van der Waals surface area (Å²) < 4.78 is 40.8. The third kappa shape index (κ3) is 3.34. The molecule has 2 N–H and O–H groups in total. The molecule has 5 nitrogen and oxygen atoms in total. The number of rotatable bonds is 4. The van der Waals surface area contributed by atoms with E-state index in [4.69, 9.17) is 0 Å². The van der Waals surface area contributed by atoms with Crippen molar-refractivity contribution in [3.05, 3.63) is 41.6 Å². The van der Waals surface area contributed by atoms with Gasteiger partial charge in [0, 0.05) is 24.2 Å². The summed E-state index contributed by atoms with van der Waals surface area (Å²) in [4.78, 5) is 14.8. The monoisotopic (exact) mass is 407 g/mol. The van der Waals surface area contributed by atoms with E-state index in [-0.39, 0.29) is 30.1 Å². The van der Waals surface area contributed by atoms with Gasteiger partial charge in [0.1, 0.15) is 0 Å². The normalized spacial score (nSPS) is 22.9. The minimum absolute atomic E-state index is 0.0685. The van der Waals surface area contributed by atoms with Gasteiger partial charge >= 0.3 is 6.30 Å². The van der Waals surface area contributed by atoms with E-state index in [2.05, 4.69) is 5.32 Å². The van der Waals surface area contributed by atoms with Gasteiger partial charge in [-0.15, -0.1) is 13.2 Å². The summed E-state index contributed by atoms with van der Waals surface area (Å²) in [6.07, 6.45) is -0.288. The molecule has 1 aliphatic carbocycles. The number of nitrogens with zero attached hydrogens (tertiary/aromatic N) is 2. The first kappa shape index (κ1) is 20.0. The van der Waals surface area contributed by atoms with Crippen LogP contribution in [0, 0.1) is 5.92 Å². The highest BCUT2D eigenvalue weighted by molar-refractivity contribution is 5.99. The molecule has 29 heavy (non-hydrogen) atoms. The van der Waals surface area contributed by atoms with E-state index in [1.807, 2.05) is 31.0 Å². The number of alkyl halides is 3. The fourth-order valence-corrected chi connectivity index (χ4v) is 4.52. The minimum Gasteiger partial charge on any atom is -0.394 e. The number of hydrogen-bond acceptors (Lipinski definition) is 3. The fraction of sp³-hybridized carbons (Fsp3) is 0.476. The van der Waals surface area contributed by atoms with Crippen molar-refractivity contribution in [3.8, 4) is 0 Å². The van der Waals surface area contributed by atoms with Crippen LogP contribution in [0.4, 0.5) is 13.2 Å². The summed E-state index contributed by atoms with van der Waals surface area (Å²) in [6.45, 7) is 2.24. The number of amides is 1. The topological polar surface area (TPSA) is 57.5 Å². The molecule has 0 spiro atoms. The third-order valence-corrected chi connectivity index (χ3v) is 6.06. The molecule has 4 rings (SSSR count). The van der Waals surface area contributed by atoms with Gasteiger partial charge in [0.25, 0.3) is 0 Å². The molecule has 1 amide bonds. The lowest BCUT2D eigenvalue weighted by Gasteiger charge is -2.39. The molecule has 0 unspecified atom stereocenters. The van der Waals surface area contributed by atoms with Gasteiger partial charge in [-0.1, -0.05) is 25.1 Å². The van der Waals surface area contributed by atoms with E-state index in [9.17, 15) is 23.1 Å². The minimum atomic E-state index is -4.48. The summed E-state index contributed by atoms with van der Waals surface area (Å²) in [5, 5.41) is 12.8. The molecule has 2 aliphatic rings. The van der Waals surface area contributed by atoms with Gasteiger partial charge in [0.2, 0.25) is 5.91 Å². The summed E-state index contributed by atoms with van der Waals surface area (Å²) in [7, 11) is 1.90. The van der Waals surface area contributed by atoms with Gasteiger partial charge in [-0.05, 0) is 42.7 Å². The molecule has 0 fully saturated rings. The Bertz CT molecular complexity index is 975. The number of carbonyl (C=O) groups excluding carboxylic acids is 1. The van der Waals surface area contributed by atoms with E-state index in [0.29, 0.717) is 34.9 Å². The van der Waals surface area contributed by atoms with Crippen molar-refractivity contribution in [1.82, 2.24) is 14.8 Å². The van der Waals surface area contributed by atoms with Crippen molar-refractivity contribution in [2.45, 2.75) is 38.1 Å². The maximum Gasteiger partial charge on any atom is 0.488 e. The Balaban J connectivity index is 1.78. The second kappa shape index (κ2) is 7.18. The Morgan fingerprint density at radius 2 is 2.14 bits per heavy atom. The van der Waals surface area contributed by atoms with Crippen LogP contribution in [0.2, 0.25) is 0 Å². The van der Waals surface area contributed by atoms with Crippen LogP contribution < -0.4 is 5.32 Å². The average Bonchev–Trinajstić information content (AvgIpc) is 3.07. The van der Waals surface area contributed by atoms with Crippen molar-refractivity contribution in [1.29, 1.82) is 0 Å². The van der Waals surface area contributed by atoms with Crippen LogP contribution in [-0.2, 0) is 17.5 Å². The lowest BCUT2D eigenvalue weighted by molar-refractivity contribution is -0.200. The second-order valence-electron chi connectivity index (χ2n) is 7.88. The SMILES string of the molecule is CC[C@@H](CO)NC(=O)[C@@H]1C=C2c3cccc4c3c(cn4C(F)(F)F)C[C@H]2N(C)C1. The number of aliphatic hydroxyl groups excluding tert-OH is 1. The van der Waals surface area contributed by atoms with Crippen molar-refractivity contribution in [3.63, 3.8) is 0 Å². The molecular formula is C21H24F3N3O2. The van der Waals surface area contributed by atoms with Crippen LogP contribution >= 0.6 is 0 Å². The van der Waals surface area contributed by atoms with Crippen molar-refractivity contribution in [2.75, 3.05) is 20.2 Å². The number of fused-ring (bicyclic) bond motifs is 2. The molecule has 8 heteroatoms. The quantitative estimate of drug-likeness (QED) is 0.820. The van der Waals surface area contributed by atoms with Crippen LogP contribution in [0.3, 0.4) is 0 Å². The second-order valence-corrected chi connectivity index (χ2v) is 7.88. The average molecular weight is 407 g/mol. The zero-order chi connectivity index (χ0) is 20.9. The number of hydrogen-bond donors (Lipinski definition) is 2. The molecule has 156 valence electrons. The molecule has 3 atom stereocenters. The molecule has 1 aromatic heterocycles.